The molecule has 0 N–H and O–H groups in total. The molecule has 0 saturated heterocycles. The summed E-state index contributed by atoms with van der Waals surface area (Å²) in [5.41, 5.74) is 0. The number of nitrogens with zero attached hydrogens (tertiary/aromatic N) is 1. The second-order valence-corrected chi connectivity index (χ2v) is 14.7. The lowest BCUT2D eigenvalue weighted by Crippen LogP contribution is -2.37. The lowest BCUT2D eigenvalue weighted by atomic mass is 10.1. The van der Waals surface area contributed by atoms with Crippen molar-refractivity contribution in [3.63, 3.8) is 0 Å². The molecular weight excluding hydrogens is 565 g/mol. The lowest BCUT2D eigenvalue weighted by molar-refractivity contribution is -0.870. The molecule has 0 aliphatic heterocycles. The molecule has 0 aliphatic rings. The van der Waals surface area contributed by atoms with Crippen molar-refractivity contribution in [3.05, 3.63) is 0 Å². The minimum absolute atomic E-state index is 0.0306. The number of phosphoric acid groups is 1. The molecular formula is C34H70NO7P. The molecule has 2 atom stereocenters. The molecule has 0 saturated carbocycles. The van der Waals surface area contributed by atoms with E-state index in [-0.39, 0.29) is 25.8 Å². The first kappa shape index (κ1) is 42.5. The maximum Gasteiger partial charge on any atom is 0.306 e. The predicted octanol–water partition coefficient (Wildman–Crippen LogP) is 8.74. The smallest absolute Gasteiger partial charge is 0.306 e. The van der Waals surface area contributed by atoms with Crippen LogP contribution >= 0.6 is 7.82 Å². The molecule has 0 bridgehead atoms. The first-order chi connectivity index (χ1) is 20.6. The quantitative estimate of drug-likeness (QED) is 0.0308. The van der Waals surface area contributed by atoms with Crippen molar-refractivity contribution >= 4 is 13.8 Å². The molecule has 0 rings (SSSR count). The Balaban J connectivity index is 4.30. The number of carbonyl (C=O) groups excluding carboxylic acids is 1. The van der Waals surface area contributed by atoms with Gasteiger partial charge in [-0.25, -0.2) is 0 Å². The lowest BCUT2D eigenvalue weighted by Gasteiger charge is -2.28. The van der Waals surface area contributed by atoms with E-state index in [2.05, 4.69) is 13.8 Å². The van der Waals surface area contributed by atoms with Crippen molar-refractivity contribution < 1.29 is 37.3 Å². The zero-order valence-electron chi connectivity index (χ0n) is 28.9. The molecule has 0 radical (unpaired) electrons. The first-order valence-corrected chi connectivity index (χ1v) is 19.2. The van der Waals surface area contributed by atoms with Gasteiger partial charge in [0.1, 0.15) is 19.3 Å². The zero-order valence-corrected chi connectivity index (χ0v) is 29.8. The van der Waals surface area contributed by atoms with Gasteiger partial charge < -0.3 is 27.9 Å². The van der Waals surface area contributed by atoms with Gasteiger partial charge in [0.15, 0.2) is 0 Å². The van der Waals surface area contributed by atoms with Crippen molar-refractivity contribution in [1.82, 2.24) is 0 Å². The number of likely N-dealkylation sites (N-methyl/N-ethyl adjacent to an activating group) is 1. The third-order valence-corrected chi connectivity index (χ3v) is 8.62. The van der Waals surface area contributed by atoms with Gasteiger partial charge in [0, 0.05) is 13.0 Å². The molecule has 258 valence electrons. The summed E-state index contributed by atoms with van der Waals surface area (Å²) in [6.07, 6.45) is 25.3. The molecule has 0 spiro atoms. The topological polar surface area (TPSA) is 94.1 Å². The molecule has 0 aliphatic carbocycles. The van der Waals surface area contributed by atoms with Crippen LogP contribution in [0.2, 0.25) is 0 Å². The van der Waals surface area contributed by atoms with Gasteiger partial charge in [-0.2, -0.15) is 0 Å². The summed E-state index contributed by atoms with van der Waals surface area (Å²) in [6, 6.07) is 0. The van der Waals surface area contributed by atoms with Crippen LogP contribution < -0.4 is 4.89 Å². The molecule has 1 unspecified atom stereocenters. The number of phosphoric ester groups is 1. The van der Waals surface area contributed by atoms with Gasteiger partial charge in [-0.1, -0.05) is 136 Å². The Hall–Kier alpha value is -0.500. The molecule has 0 heterocycles. The largest absolute Gasteiger partial charge is 0.756 e. The van der Waals surface area contributed by atoms with Crippen LogP contribution in [-0.2, 0) is 27.9 Å². The van der Waals surface area contributed by atoms with Crippen molar-refractivity contribution in [2.24, 2.45) is 0 Å². The van der Waals surface area contributed by atoms with Gasteiger partial charge in [0.2, 0.25) is 0 Å². The van der Waals surface area contributed by atoms with Crippen LogP contribution in [0.1, 0.15) is 155 Å². The van der Waals surface area contributed by atoms with Crippen LogP contribution in [0.25, 0.3) is 0 Å². The summed E-state index contributed by atoms with van der Waals surface area (Å²) in [7, 11) is 1.37. The standard InChI is InChI=1S/C34H70NO7P/c1-6-8-10-12-14-16-17-18-20-22-24-26-29-39-31-33(32-41-43(37,38)40-30-28-35(3,4)5)42-34(36)27-25-23-21-19-15-13-11-9-7-2/h33H,6-32H2,1-5H3/t33-/m1/s1. The van der Waals surface area contributed by atoms with E-state index in [4.69, 9.17) is 18.5 Å². The van der Waals surface area contributed by atoms with Gasteiger partial charge in [-0.3, -0.25) is 9.36 Å². The fourth-order valence-corrected chi connectivity index (χ4v) is 5.57. The van der Waals surface area contributed by atoms with Crippen molar-refractivity contribution in [1.29, 1.82) is 0 Å². The number of carbonyl (C=O) groups is 1. The Morgan fingerprint density at radius 2 is 1.07 bits per heavy atom. The summed E-state index contributed by atoms with van der Waals surface area (Å²) in [4.78, 5) is 24.8. The SMILES string of the molecule is CCCCCCCCCCCCCCOC[C@H](COP(=O)([O-])OCC[N+](C)(C)C)OC(=O)CCCCCCCCCCC. The summed E-state index contributed by atoms with van der Waals surface area (Å²) < 4.78 is 34.3. The van der Waals surface area contributed by atoms with Gasteiger partial charge in [0.05, 0.1) is 34.4 Å². The molecule has 8 nitrogen and oxygen atoms in total. The summed E-state index contributed by atoms with van der Waals surface area (Å²) >= 11 is 0. The average Bonchev–Trinajstić information content (AvgIpc) is 2.94. The number of hydrogen-bond acceptors (Lipinski definition) is 7. The monoisotopic (exact) mass is 635 g/mol. The van der Waals surface area contributed by atoms with Crippen LogP contribution in [-0.4, -0.2) is 70.7 Å². The van der Waals surface area contributed by atoms with Crippen molar-refractivity contribution in [2.75, 3.05) is 54.1 Å². The Bertz CT molecular complexity index is 672. The van der Waals surface area contributed by atoms with E-state index < -0.39 is 13.9 Å². The van der Waals surface area contributed by atoms with Gasteiger partial charge in [0.25, 0.3) is 7.82 Å². The zero-order chi connectivity index (χ0) is 32.1. The molecule has 0 fully saturated rings. The molecule has 0 aromatic heterocycles. The van der Waals surface area contributed by atoms with Crippen LogP contribution in [0.3, 0.4) is 0 Å². The summed E-state index contributed by atoms with van der Waals surface area (Å²) in [6.45, 7) is 5.40. The van der Waals surface area contributed by atoms with Crippen LogP contribution in [0.5, 0.6) is 0 Å². The van der Waals surface area contributed by atoms with E-state index >= 15 is 0 Å². The summed E-state index contributed by atoms with van der Waals surface area (Å²) in [5, 5.41) is 0. The van der Waals surface area contributed by atoms with E-state index in [1.54, 1.807) is 0 Å². The highest BCUT2D eigenvalue weighted by atomic mass is 31.2. The second kappa shape index (κ2) is 28.9. The molecule has 9 heteroatoms. The third-order valence-electron chi connectivity index (χ3n) is 7.66. The van der Waals surface area contributed by atoms with Gasteiger partial charge in [-0.15, -0.1) is 0 Å². The number of esters is 1. The molecule has 43 heavy (non-hydrogen) atoms. The van der Waals surface area contributed by atoms with Gasteiger partial charge >= 0.3 is 5.97 Å². The molecule has 0 aromatic rings. The fraction of sp³-hybridized carbons (Fsp3) is 0.971. The Morgan fingerprint density at radius 3 is 1.53 bits per heavy atom. The number of hydrogen-bond donors (Lipinski definition) is 0. The normalized spacial score (nSPS) is 14.1. The Morgan fingerprint density at radius 1 is 0.628 bits per heavy atom. The van der Waals surface area contributed by atoms with Crippen LogP contribution in [0, 0.1) is 0 Å². The maximum atomic E-state index is 12.5. The van der Waals surface area contributed by atoms with Gasteiger partial charge in [-0.05, 0) is 12.8 Å². The van der Waals surface area contributed by atoms with E-state index in [0.717, 1.165) is 32.1 Å². The third kappa shape index (κ3) is 32.7. The highest BCUT2D eigenvalue weighted by Crippen LogP contribution is 2.38. The van der Waals surface area contributed by atoms with Crippen LogP contribution in [0.15, 0.2) is 0 Å². The number of unbranched alkanes of at least 4 members (excludes halogenated alkanes) is 19. The van der Waals surface area contributed by atoms with E-state index in [1.165, 1.54) is 103 Å². The first-order valence-electron chi connectivity index (χ1n) is 17.8. The summed E-state index contributed by atoms with van der Waals surface area (Å²) in [5.74, 6) is -0.336. The minimum atomic E-state index is -4.50. The second-order valence-electron chi connectivity index (χ2n) is 13.2. The predicted molar refractivity (Wildman–Crippen MR) is 176 cm³/mol. The number of quaternary nitrogens is 1. The van der Waals surface area contributed by atoms with E-state index in [0.29, 0.717) is 24.1 Å². The minimum Gasteiger partial charge on any atom is -0.756 e. The Kier molecular flexibility index (Phi) is 28.6. The van der Waals surface area contributed by atoms with Crippen molar-refractivity contribution in [2.45, 2.75) is 161 Å². The molecule has 0 amide bonds. The van der Waals surface area contributed by atoms with E-state index in [1.807, 2.05) is 21.1 Å². The van der Waals surface area contributed by atoms with Crippen LogP contribution in [0.4, 0.5) is 0 Å². The van der Waals surface area contributed by atoms with E-state index in [9.17, 15) is 14.3 Å². The highest BCUT2D eigenvalue weighted by molar-refractivity contribution is 7.45. The molecule has 0 aromatic carbocycles. The average molecular weight is 636 g/mol. The number of rotatable bonds is 33. The maximum absolute atomic E-state index is 12.5. The fourth-order valence-electron chi connectivity index (χ4n) is 4.84. The Labute approximate surface area is 266 Å². The number of ether oxygens (including phenoxy) is 2. The highest BCUT2D eigenvalue weighted by Gasteiger charge is 2.20. The van der Waals surface area contributed by atoms with Crippen molar-refractivity contribution in [3.8, 4) is 0 Å².